The number of anilines is 1. The number of halogens is 2. The summed E-state index contributed by atoms with van der Waals surface area (Å²) in [5.41, 5.74) is -0.876. The van der Waals surface area contributed by atoms with Gasteiger partial charge in [-0.25, -0.2) is 8.78 Å². The van der Waals surface area contributed by atoms with Crippen LogP contribution >= 0.6 is 0 Å². The number of aliphatic hydroxyl groups is 1. The van der Waals surface area contributed by atoms with Gasteiger partial charge in [0.2, 0.25) is 5.91 Å². The predicted molar refractivity (Wildman–Crippen MR) is 71.3 cm³/mol. The number of benzene rings is 1. The number of hydrogen-bond acceptors (Lipinski definition) is 3. The fourth-order valence-corrected chi connectivity index (χ4v) is 2.51. The standard InChI is InChI=1S/C14H18F2N2O2/c1-2-5-14(20)8-18(9-14)7-13(19)17-12-6-10(15)3-4-11(12)16/h3-4,6,20H,2,5,7-9H2,1H3,(H,17,19). The number of nitrogens with zero attached hydrogens (tertiary/aromatic N) is 1. The lowest BCUT2D eigenvalue weighted by atomic mass is 9.89. The van der Waals surface area contributed by atoms with Crippen LogP contribution in [0.4, 0.5) is 14.5 Å². The Bertz CT molecular complexity index is 502. The van der Waals surface area contributed by atoms with E-state index in [0.29, 0.717) is 19.5 Å². The van der Waals surface area contributed by atoms with Gasteiger partial charge in [-0.1, -0.05) is 13.3 Å². The molecule has 0 aromatic heterocycles. The molecular formula is C14H18F2N2O2. The van der Waals surface area contributed by atoms with Gasteiger partial charge in [0, 0.05) is 19.2 Å². The highest BCUT2D eigenvalue weighted by molar-refractivity contribution is 5.92. The molecule has 1 aliphatic heterocycles. The molecule has 4 nitrogen and oxygen atoms in total. The molecular weight excluding hydrogens is 266 g/mol. The highest BCUT2D eigenvalue weighted by Gasteiger charge is 2.40. The molecule has 1 heterocycles. The number of hydrogen-bond donors (Lipinski definition) is 2. The van der Waals surface area contributed by atoms with Crippen molar-refractivity contribution in [2.75, 3.05) is 25.0 Å². The summed E-state index contributed by atoms with van der Waals surface area (Å²) in [6, 6.07) is 2.90. The second-order valence-electron chi connectivity index (χ2n) is 5.29. The number of nitrogens with one attached hydrogen (secondary N) is 1. The molecule has 110 valence electrons. The van der Waals surface area contributed by atoms with Gasteiger partial charge >= 0.3 is 0 Å². The van der Waals surface area contributed by atoms with Gasteiger partial charge in [0.25, 0.3) is 0 Å². The minimum Gasteiger partial charge on any atom is -0.387 e. The Labute approximate surface area is 116 Å². The van der Waals surface area contributed by atoms with Gasteiger partial charge in [0.05, 0.1) is 17.8 Å². The average Bonchev–Trinajstić information content (AvgIpc) is 2.32. The maximum Gasteiger partial charge on any atom is 0.238 e. The van der Waals surface area contributed by atoms with Crippen molar-refractivity contribution < 1.29 is 18.7 Å². The van der Waals surface area contributed by atoms with Crippen molar-refractivity contribution in [1.82, 2.24) is 4.90 Å². The molecule has 1 fully saturated rings. The van der Waals surface area contributed by atoms with Crippen LogP contribution in [-0.4, -0.2) is 41.1 Å². The molecule has 6 heteroatoms. The first kappa shape index (κ1) is 14.9. The fraction of sp³-hybridized carbons (Fsp3) is 0.500. The minimum absolute atomic E-state index is 0.0575. The highest BCUT2D eigenvalue weighted by atomic mass is 19.1. The van der Waals surface area contributed by atoms with E-state index in [-0.39, 0.29) is 12.2 Å². The number of rotatable bonds is 5. The maximum absolute atomic E-state index is 13.4. The van der Waals surface area contributed by atoms with E-state index in [4.69, 9.17) is 0 Å². The summed E-state index contributed by atoms with van der Waals surface area (Å²) in [7, 11) is 0. The monoisotopic (exact) mass is 284 g/mol. The Balaban J connectivity index is 1.84. The van der Waals surface area contributed by atoms with E-state index in [0.717, 1.165) is 24.6 Å². The van der Waals surface area contributed by atoms with Gasteiger partial charge in [-0.2, -0.15) is 0 Å². The molecule has 1 saturated heterocycles. The van der Waals surface area contributed by atoms with Gasteiger partial charge in [-0.3, -0.25) is 9.69 Å². The van der Waals surface area contributed by atoms with Gasteiger partial charge < -0.3 is 10.4 Å². The van der Waals surface area contributed by atoms with Crippen LogP contribution in [0.2, 0.25) is 0 Å². The molecule has 0 spiro atoms. The SMILES string of the molecule is CCCC1(O)CN(CC(=O)Nc2cc(F)ccc2F)C1. The fourth-order valence-electron chi connectivity index (χ4n) is 2.51. The molecule has 0 atom stereocenters. The van der Waals surface area contributed by atoms with Crippen LogP contribution in [0, 0.1) is 11.6 Å². The Morgan fingerprint density at radius 1 is 1.45 bits per heavy atom. The lowest BCUT2D eigenvalue weighted by molar-refractivity contribution is -0.129. The number of β-amino-alcohol motifs (C(OH)–C–C–N with tert-alkyl or cyclic N) is 1. The van der Waals surface area contributed by atoms with E-state index in [1.807, 2.05) is 6.92 Å². The summed E-state index contributed by atoms with van der Waals surface area (Å²) in [4.78, 5) is 13.5. The summed E-state index contributed by atoms with van der Waals surface area (Å²) in [5.74, 6) is -1.71. The van der Waals surface area contributed by atoms with E-state index in [2.05, 4.69) is 5.32 Å². The first-order valence-corrected chi connectivity index (χ1v) is 6.61. The van der Waals surface area contributed by atoms with Gasteiger partial charge in [-0.15, -0.1) is 0 Å². The van der Waals surface area contributed by atoms with E-state index in [1.54, 1.807) is 4.90 Å². The van der Waals surface area contributed by atoms with Crippen LogP contribution in [0.3, 0.4) is 0 Å². The Morgan fingerprint density at radius 3 is 2.80 bits per heavy atom. The van der Waals surface area contributed by atoms with Crippen LogP contribution in [0.15, 0.2) is 18.2 Å². The second kappa shape index (κ2) is 5.85. The quantitative estimate of drug-likeness (QED) is 0.866. The first-order valence-electron chi connectivity index (χ1n) is 6.61. The second-order valence-corrected chi connectivity index (χ2v) is 5.29. The largest absolute Gasteiger partial charge is 0.387 e. The Kier molecular flexibility index (Phi) is 4.35. The van der Waals surface area contributed by atoms with Crippen molar-refractivity contribution in [3.8, 4) is 0 Å². The van der Waals surface area contributed by atoms with E-state index >= 15 is 0 Å². The summed E-state index contributed by atoms with van der Waals surface area (Å²) in [6.45, 7) is 2.90. The van der Waals surface area contributed by atoms with Crippen molar-refractivity contribution >= 4 is 11.6 Å². The molecule has 2 rings (SSSR count). The van der Waals surface area contributed by atoms with Crippen LogP contribution in [0.5, 0.6) is 0 Å². The van der Waals surface area contributed by atoms with Crippen LogP contribution in [-0.2, 0) is 4.79 Å². The topological polar surface area (TPSA) is 52.6 Å². The number of amides is 1. The molecule has 0 bridgehead atoms. The van der Waals surface area contributed by atoms with E-state index < -0.39 is 23.1 Å². The molecule has 0 unspecified atom stereocenters. The molecule has 2 N–H and O–H groups in total. The van der Waals surface area contributed by atoms with Gasteiger partial charge in [-0.05, 0) is 18.6 Å². The predicted octanol–water partition coefficient (Wildman–Crippen LogP) is 1.75. The van der Waals surface area contributed by atoms with Crippen molar-refractivity contribution in [1.29, 1.82) is 0 Å². The maximum atomic E-state index is 13.4. The third kappa shape index (κ3) is 3.52. The lowest BCUT2D eigenvalue weighted by Crippen LogP contribution is -2.62. The zero-order chi connectivity index (χ0) is 14.8. The summed E-state index contributed by atoms with van der Waals surface area (Å²) in [6.07, 6.45) is 1.58. The zero-order valence-electron chi connectivity index (χ0n) is 11.3. The molecule has 1 aromatic rings. The van der Waals surface area contributed by atoms with Crippen molar-refractivity contribution in [2.45, 2.75) is 25.4 Å². The van der Waals surface area contributed by atoms with Crippen molar-refractivity contribution in [2.24, 2.45) is 0 Å². The third-order valence-electron chi connectivity index (χ3n) is 3.32. The minimum atomic E-state index is -0.709. The first-order chi connectivity index (χ1) is 9.42. The average molecular weight is 284 g/mol. The molecule has 1 aromatic carbocycles. The number of likely N-dealkylation sites (tertiary alicyclic amines) is 1. The number of carbonyl (C=O) groups is 1. The van der Waals surface area contributed by atoms with Gasteiger partial charge in [0.15, 0.2) is 0 Å². The van der Waals surface area contributed by atoms with Crippen molar-refractivity contribution in [3.63, 3.8) is 0 Å². The molecule has 1 aliphatic rings. The Hall–Kier alpha value is -1.53. The lowest BCUT2D eigenvalue weighted by Gasteiger charge is -2.46. The Morgan fingerprint density at radius 2 is 2.15 bits per heavy atom. The smallest absolute Gasteiger partial charge is 0.238 e. The normalized spacial score (nSPS) is 17.6. The van der Waals surface area contributed by atoms with Crippen molar-refractivity contribution in [3.05, 3.63) is 29.8 Å². The zero-order valence-corrected chi connectivity index (χ0v) is 11.3. The van der Waals surface area contributed by atoms with E-state index in [9.17, 15) is 18.7 Å². The molecule has 0 radical (unpaired) electrons. The molecule has 0 saturated carbocycles. The van der Waals surface area contributed by atoms with E-state index in [1.165, 1.54) is 0 Å². The third-order valence-corrected chi connectivity index (χ3v) is 3.32. The molecule has 20 heavy (non-hydrogen) atoms. The van der Waals surface area contributed by atoms with Crippen LogP contribution in [0.1, 0.15) is 19.8 Å². The molecule has 1 amide bonds. The van der Waals surface area contributed by atoms with Crippen LogP contribution in [0.25, 0.3) is 0 Å². The van der Waals surface area contributed by atoms with Gasteiger partial charge in [0.1, 0.15) is 11.6 Å². The summed E-state index contributed by atoms with van der Waals surface area (Å²) in [5, 5.41) is 12.3. The highest BCUT2D eigenvalue weighted by Crippen LogP contribution is 2.25. The molecule has 0 aliphatic carbocycles. The number of carbonyl (C=O) groups excluding carboxylic acids is 1. The summed E-state index contributed by atoms with van der Waals surface area (Å²) >= 11 is 0. The summed E-state index contributed by atoms with van der Waals surface area (Å²) < 4.78 is 26.3. The van der Waals surface area contributed by atoms with Crippen LogP contribution < -0.4 is 5.32 Å².